The van der Waals surface area contributed by atoms with Gasteiger partial charge in [0.2, 0.25) is 0 Å². The SMILES string of the molecule is CC1(O)CCC2C(CO)=CCC21. The molecular weight excluding hydrogens is 152 g/mol. The zero-order chi connectivity index (χ0) is 8.77. The van der Waals surface area contributed by atoms with Gasteiger partial charge in [-0.05, 0) is 43.6 Å². The van der Waals surface area contributed by atoms with Gasteiger partial charge in [-0.3, -0.25) is 0 Å². The Kier molecular flexibility index (Phi) is 1.77. The van der Waals surface area contributed by atoms with E-state index in [2.05, 4.69) is 6.08 Å². The summed E-state index contributed by atoms with van der Waals surface area (Å²) >= 11 is 0. The standard InChI is InChI=1S/C10H16O2/c1-10(12)5-4-8-7(6-11)2-3-9(8)10/h2,8-9,11-12H,3-6H2,1H3. The van der Waals surface area contributed by atoms with Crippen LogP contribution in [0.5, 0.6) is 0 Å². The largest absolute Gasteiger partial charge is 0.392 e. The molecule has 0 aromatic carbocycles. The van der Waals surface area contributed by atoms with Crippen molar-refractivity contribution < 1.29 is 10.2 Å². The first-order valence-electron chi connectivity index (χ1n) is 4.67. The molecule has 0 aromatic heterocycles. The van der Waals surface area contributed by atoms with E-state index < -0.39 is 5.60 Å². The number of aliphatic hydroxyl groups excluding tert-OH is 1. The molecule has 12 heavy (non-hydrogen) atoms. The molecular formula is C10H16O2. The molecule has 3 atom stereocenters. The summed E-state index contributed by atoms with van der Waals surface area (Å²) in [7, 11) is 0. The van der Waals surface area contributed by atoms with Crippen LogP contribution in [0, 0.1) is 11.8 Å². The minimum atomic E-state index is -0.488. The fraction of sp³-hybridized carbons (Fsp3) is 0.800. The van der Waals surface area contributed by atoms with Crippen molar-refractivity contribution in [3.8, 4) is 0 Å². The van der Waals surface area contributed by atoms with Crippen LogP contribution in [-0.2, 0) is 0 Å². The first-order chi connectivity index (χ1) is 5.65. The fourth-order valence-electron chi connectivity index (χ4n) is 2.74. The van der Waals surface area contributed by atoms with Crippen molar-refractivity contribution in [1.29, 1.82) is 0 Å². The van der Waals surface area contributed by atoms with E-state index in [-0.39, 0.29) is 6.61 Å². The van der Waals surface area contributed by atoms with Crippen molar-refractivity contribution in [2.24, 2.45) is 11.8 Å². The zero-order valence-electron chi connectivity index (χ0n) is 7.45. The molecule has 2 N–H and O–H groups in total. The van der Waals surface area contributed by atoms with Gasteiger partial charge in [-0.1, -0.05) is 6.08 Å². The maximum atomic E-state index is 9.96. The number of hydrogen-bond acceptors (Lipinski definition) is 2. The lowest BCUT2D eigenvalue weighted by Gasteiger charge is -2.25. The van der Waals surface area contributed by atoms with E-state index in [1.807, 2.05) is 6.92 Å². The Hall–Kier alpha value is -0.340. The maximum absolute atomic E-state index is 9.96. The highest BCUT2D eigenvalue weighted by Crippen LogP contribution is 2.49. The van der Waals surface area contributed by atoms with Gasteiger partial charge in [-0.15, -0.1) is 0 Å². The van der Waals surface area contributed by atoms with Gasteiger partial charge in [-0.25, -0.2) is 0 Å². The average molecular weight is 168 g/mol. The maximum Gasteiger partial charge on any atom is 0.0656 e. The van der Waals surface area contributed by atoms with Crippen LogP contribution in [-0.4, -0.2) is 22.4 Å². The van der Waals surface area contributed by atoms with Crippen LogP contribution in [0.3, 0.4) is 0 Å². The van der Waals surface area contributed by atoms with Crippen molar-refractivity contribution in [3.05, 3.63) is 11.6 Å². The van der Waals surface area contributed by atoms with Gasteiger partial charge in [0, 0.05) is 0 Å². The van der Waals surface area contributed by atoms with Gasteiger partial charge in [-0.2, -0.15) is 0 Å². The summed E-state index contributed by atoms with van der Waals surface area (Å²) in [6, 6.07) is 0. The van der Waals surface area contributed by atoms with Gasteiger partial charge >= 0.3 is 0 Å². The zero-order valence-corrected chi connectivity index (χ0v) is 7.45. The first-order valence-corrected chi connectivity index (χ1v) is 4.67. The topological polar surface area (TPSA) is 40.5 Å². The number of aliphatic hydroxyl groups is 2. The van der Waals surface area contributed by atoms with E-state index in [0.717, 1.165) is 24.8 Å². The third kappa shape index (κ3) is 1.02. The number of allylic oxidation sites excluding steroid dienone is 1. The Labute approximate surface area is 72.9 Å². The van der Waals surface area contributed by atoms with E-state index in [4.69, 9.17) is 5.11 Å². The van der Waals surface area contributed by atoms with Crippen molar-refractivity contribution >= 4 is 0 Å². The molecule has 2 aliphatic rings. The van der Waals surface area contributed by atoms with Gasteiger partial charge in [0.15, 0.2) is 0 Å². The lowest BCUT2D eigenvalue weighted by atomic mass is 9.87. The minimum Gasteiger partial charge on any atom is -0.392 e. The summed E-state index contributed by atoms with van der Waals surface area (Å²) < 4.78 is 0. The second-order valence-corrected chi connectivity index (χ2v) is 4.28. The molecule has 68 valence electrons. The molecule has 0 aromatic rings. The van der Waals surface area contributed by atoms with E-state index in [1.54, 1.807) is 0 Å². The minimum absolute atomic E-state index is 0.178. The lowest BCUT2D eigenvalue weighted by molar-refractivity contribution is 0.0179. The van der Waals surface area contributed by atoms with Crippen molar-refractivity contribution in [2.75, 3.05) is 6.61 Å². The third-order valence-electron chi connectivity index (χ3n) is 3.54. The summed E-state index contributed by atoms with van der Waals surface area (Å²) in [5.74, 6) is 0.838. The second-order valence-electron chi connectivity index (χ2n) is 4.28. The van der Waals surface area contributed by atoms with E-state index in [1.165, 1.54) is 0 Å². The molecule has 2 heteroatoms. The Bertz CT molecular complexity index is 218. The average Bonchev–Trinajstić information content (AvgIpc) is 2.53. The quantitative estimate of drug-likeness (QED) is 0.575. The van der Waals surface area contributed by atoms with E-state index >= 15 is 0 Å². The Morgan fingerprint density at radius 2 is 2.42 bits per heavy atom. The molecule has 2 aliphatic carbocycles. The van der Waals surface area contributed by atoms with Gasteiger partial charge < -0.3 is 10.2 Å². The van der Waals surface area contributed by atoms with Crippen LogP contribution in [0.2, 0.25) is 0 Å². The van der Waals surface area contributed by atoms with Crippen molar-refractivity contribution in [3.63, 3.8) is 0 Å². The van der Waals surface area contributed by atoms with Crippen molar-refractivity contribution in [2.45, 2.75) is 31.8 Å². The van der Waals surface area contributed by atoms with E-state index in [0.29, 0.717) is 11.8 Å². The first kappa shape index (κ1) is 8.27. The molecule has 0 aliphatic heterocycles. The molecule has 3 unspecified atom stereocenters. The van der Waals surface area contributed by atoms with Crippen LogP contribution in [0.4, 0.5) is 0 Å². The van der Waals surface area contributed by atoms with E-state index in [9.17, 15) is 5.11 Å². The molecule has 0 saturated heterocycles. The lowest BCUT2D eigenvalue weighted by Crippen LogP contribution is -2.29. The Morgan fingerprint density at radius 1 is 1.67 bits per heavy atom. The molecule has 2 nitrogen and oxygen atoms in total. The monoisotopic (exact) mass is 168 g/mol. The Morgan fingerprint density at radius 3 is 3.08 bits per heavy atom. The summed E-state index contributed by atoms with van der Waals surface area (Å²) in [5, 5.41) is 19.0. The molecule has 0 amide bonds. The molecule has 0 heterocycles. The number of fused-ring (bicyclic) bond motifs is 1. The second kappa shape index (κ2) is 2.57. The highest BCUT2D eigenvalue weighted by atomic mass is 16.3. The molecule has 0 bridgehead atoms. The van der Waals surface area contributed by atoms with Gasteiger partial charge in [0.25, 0.3) is 0 Å². The van der Waals surface area contributed by atoms with Crippen LogP contribution < -0.4 is 0 Å². The number of rotatable bonds is 1. The highest BCUT2D eigenvalue weighted by Gasteiger charge is 2.46. The summed E-state index contributed by atoms with van der Waals surface area (Å²) in [5.41, 5.74) is 0.663. The van der Waals surface area contributed by atoms with Crippen molar-refractivity contribution in [1.82, 2.24) is 0 Å². The summed E-state index contributed by atoms with van der Waals surface area (Å²) in [6.07, 6.45) is 4.99. The van der Waals surface area contributed by atoms with Gasteiger partial charge in [0.1, 0.15) is 0 Å². The van der Waals surface area contributed by atoms with Crippen LogP contribution >= 0.6 is 0 Å². The third-order valence-corrected chi connectivity index (χ3v) is 3.54. The van der Waals surface area contributed by atoms with Crippen LogP contribution in [0.15, 0.2) is 11.6 Å². The van der Waals surface area contributed by atoms with Gasteiger partial charge in [0.05, 0.1) is 12.2 Å². The summed E-state index contributed by atoms with van der Waals surface area (Å²) in [4.78, 5) is 0. The predicted molar refractivity (Wildman–Crippen MR) is 46.6 cm³/mol. The summed E-state index contributed by atoms with van der Waals surface area (Å²) in [6.45, 7) is 2.10. The normalized spacial score (nSPS) is 46.1. The highest BCUT2D eigenvalue weighted by molar-refractivity contribution is 5.21. The molecule has 1 fully saturated rings. The smallest absolute Gasteiger partial charge is 0.0656 e. The van der Waals surface area contributed by atoms with Crippen LogP contribution in [0.25, 0.3) is 0 Å². The predicted octanol–water partition coefficient (Wildman–Crippen LogP) is 1.09. The number of hydrogen-bond donors (Lipinski definition) is 2. The molecule has 0 spiro atoms. The van der Waals surface area contributed by atoms with Crippen LogP contribution in [0.1, 0.15) is 26.2 Å². The molecule has 1 saturated carbocycles. The molecule has 0 radical (unpaired) electrons. The fourth-order valence-corrected chi connectivity index (χ4v) is 2.74. The Balaban J connectivity index is 2.17. The molecule has 2 rings (SSSR count).